The van der Waals surface area contributed by atoms with Gasteiger partial charge in [-0.2, -0.15) is 4.39 Å². The number of nitrogens with one attached hydrogen (secondary N) is 1. The quantitative estimate of drug-likeness (QED) is 0.786. The Hall–Kier alpha value is -1.53. The summed E-state index contributed by atoms with van der Waals surface area (Å²) in [5.74, 6) is -1.04. The van der Waals surface area contributed by atoms with E-state index in [2.05, 4.69) is 15.2 Å². The first kappa shape index (κ1) is 12.9. The smallest absolute Gasteiger partial charge is 0.270 e. The van der Waals surface area contributed by atoms with E-state index in [9.17, 15) is 9.18 Å². The molecule has 5 nitrogen and oxygen atoms in total. The fourth-order valence-corrected chi connectivity index (χ4v) is 1.82. The minimum Gasteiger partial charge on any atom is -0.374 e. The molecule has 0 aliphatic carbocycles. The maximum Gasteiger partial charge on any atom is 0.270 e. The lowest BCUT2D eigenvalue weighted by atomic mass is 10.2. The molecule has 2 heterocycles. The number of carbonyl (C=O) groups is 1. The van der Waals surface area contributed by atoms with Gasteiger partial charge in [0.05, 0.1) is 12.7 Å². The van der Waals surface area contributed by atoms with Gasteiger partial charge in [-0.05, 0) is 19.2 Å². The summed E-state index contributed by atoms with van der Waals surface area (Å²) in [7, 11) is 2.01. The van der Waals surface area contributed by atoms with E-state index in [1.807, 2.05) is 7.05 Å². The summed E-state index contributed by atoms with van der Waals surface area (Å²) in [6, 6.07) is 4.14. The molecule has 1 aliphatic heterocycles. The topological polar surface area (TPSA) is 54.5 Å². The van der Waals surface area contributed by atoms with Crippen LogP contribution >= 0.6 is 0 Å². The van der Waals surface area contributed by atoms with Gasteiger partial charge >= 0.3 is 0 Å². The monoisotopic (exact) mass is 253 g/mol. The van der Waals surface area contributed by atoms with Crippen molar-refractivity contribution < 1.29 is 13.9 Å². The number of nitrogens with zero attached hydrogens (tertiary/aromatic N) is 2. The Bertz CT molecular complexity index is 428. The Labute approximate surface area is 105 Å². The average Bonchev–Trinajstić information content (AvgIpc) is 2.36. The van der Waals surface area contributed by atoms with Crippen LogP contribution in [0.2, 0.25) is 0 Å². The van der Waals surface area contributed by atoms with Crippen molar-refractivity contribution in [1.82, 2.24) is 15.2 Å². The Morgan fingerprint density at radius 2 is 2.50 bits per heavy atom. The summed E-state index contributed by atoms with van der Waals surface area (Å²) >= 11 is 0. The molecule has 6 heteroatoms. The number of halogens is 1. The number of morpholine rings is 1. The van der Waals surface area contributed by atoms with Crippen LogP contribution in [0.4, 0.5) is 4.39 Å². The number of hydrogen-bond acceptors (Lipinski definition) is 4. The zero-order valence-corrected chi connectivity index (χ0v) is 10.2. The molecule has 1 amide bonds. The third kappa shape index (κ3) is 3.48. The van der Waals surface area contributed by atoms with E-state index < -0.39 is 5.95 Å². The molecule has 1 N–H and O–H groups in total. The molecular formula is C12H16FN3O2. The first-order chi connectivity index (χ1) is 8.65. The van der Waals surface area contributed by atoms with Gasteiger partial charge in [-0.1, -0.05) is 6.07 Å². The molecule has 1 saturated heterocycles. The van der Waals surface area contributed by atoms with E-state index in [1.165, 1.54) is 18.2 Å². The molecule has 0 aromatic carbocycles. The first-order valence-electron chi connectivity index (χ1n) is 5.86. The van der Waals surface area contributed by atoms with Crippen LogP contribution in [0.5, 0.6) is 0 Å². The summed E-state index contributed by atoms with van der Waals surface area (Å²) in [5, 5.41) is 2.70. The number of rotatable bonds is 3. The van der Waals surface area contributed by atoms with E-state index >= 15 is 0 Å². The predicted octanol–water partition coefficient (Wildman–Crippen LogP) is 0.281. The van der Waals surface area contributed by atoms with Crippen LogP contribution in [0.3, 0.4) is 0 Å². The van der Waals surface area contributed by atoms with E-state index in [0.29, 0.717) is 13.2 Å². The highest BCUT2D eigenvalue weighted by atomic mass is 19.1. The van der Waals surface area contributed by atoms with E-state index in [1.54, 1.807) is 0 Å². The number of amides is 1. The fourth-order valence-electron chi connectivity index (χ4n) is 1.82. The lowest BCUT2D eigenvalue weighted by molar-refractivity contribution is -0.0175. The van der Waals surface area contributed by atoms with Gasteiger partial charge in [0.25, 0.3) is 5.91 Å². The lowest BCUT2D eigenvalue weighted by Gasteiger charge is -2.30. The van der Waals surface area contributed by atoms with Crippen LogP contribution in [-0.2, 0) is 4.74 Å². The molecule has 1 aliphatic rings. The predicted molar refractivity (Wildman–Crippen MR) is 63.8 cm³/mol. The van der Waals surface area contributed by atoms with Crippen molar-refractivity contribution in [1.29, 1.82) is 0 Å². The maximum absolute atomic E-state index is 12.9. The Morgan fingerprint density at radius 3 is 3.22 bits per heavy atom. The van der Waals surface area contributed by atoms with Crippen LogP contribution in [0.15, 0.2) is 18.2 Å². The van der Waals surface area contributed by atoms with Gasteiger partial charge in [0.1, 0.15) is 5.69 Å². The third-order valence-corrected chi connectivity index (χ3v) is 2.78. The SMILES string of the molecule is CN1CCOC(CNC(=O)c2cccc(F)n2)C1. The summed E-state index contributed by atoms with van der Waals surface area (Å²) in [6.07, 6.45) is -0.0266. The molecule has 1 atom stereocenters. The highest BCUT2D eigenvalue weighted by molar-refractivity contribution is 5.92. The number of ether oxygens (including phenoxy) is 1. The molecule has 1 aromatic heterocycles. The molecule has 0 spiro atoms. The Balaban J connectivity index is 1.84. The normalized spacial score (nSPS) is 20.7. The molecule has 98 valence electrons. The van der Waals surface area contributed by atoms with Crippen LogP contribution in [0.1, 0.15) is 10.5 Å². The van der Waals surface area contributed by atoms with Gasteiger partial charge in [-0.15, -0.1) is 0 Å². The van der Waals surface area contributed by atoms with Gasteiger partial charge in [0.15, 0.2) is 0 Å². The van der Waals surface area contributed by atoms with E-state index in [4.69, 9.17) is 4.74 Å². The van der Waals surface area contributed by atoms with Gasteiger partial charge in [0, 0.05) is 19.6 Å². The molecule has 18 heavy (non-hydrogen) atoms. The second-order valence-corrected chi connectivity index (χ2v) is 4.31. The maximum atomic E-state index is 12.9. The van der Waals surface area contributed by atoms with Gasteiger partial charge in [0.2, 0.25) is 5.95 Å². The highest BCUT2D eigenvalue weighted by Crippen LogP contribution is 2.02. The molecular weight excluding hydrogens is 237 g/mol. The minimum atomic E-state index is -0.656. The van der Waals surface area contributed by atoms with Crippen molar-refractivity contribution in [2.45, 2.75) is 6.10 Å². The van der Waals surface area contributed by atoms with Crippen molar-refractivity contribution >= 4 is 5.91 Å². The van der Waals surface area contributed by atoms with Crippen molar-refractivity contribution in [3.05, 3.63) is 29.8 Å². The molecule has 0 saturated carbocycles. The van der Waals surface area contributed by atoms with Gasteiger partial charge in [-0.3, -0.25) is 4.79 Å². The van der Waals surface area contributed by atoms with Crippen molar-refractivity contribution in [2.24, 2.45) is 0 Å². The van der Waals surface area contributed by atoms with E-state index in [0.717, 1.165) is 13.1 Å². The van der Waals surface area contributed by atoms with Crippen LogP contribution in [-0.4, -0.2) is 55.2 Å². The first-order valence-corrected chi connectivity index (χ1v) is 5.86. The standard InChI is InChI=1S/C12H16FN3O2/c1-16-5-6-18-9(8-16)7-14-12(17)10-3-2-4-11(13)15-10/h2-4,9H,5-8H2,1H3,(H,14,17). The minimum absolute atomic E-state index is 0.0266. The number of pyridine rings is 1. The zero-order valence-electron chi connectivity index (χ0n) is 10.2. The molecule has 1 fully saturated rings. The summed E-state index contributed by atoms with van der Waals surface area (Å²) < 4.78 is 18.4. The number of carbonyl (C=O) groups excluding carboxylic acids is 1. The largest absolute Gasteiger partial charge is 0.374 e. The number of likely N-dealkylation sites (N-methyl/N-ethyl adjacent to an activating group) is 1. The Kier molecular flexibility index (Phi) is 4.22. The highest BCUT2D eigenvalue weighted by Gasteiger charge is 2.18. The summed E-state index contributed by atoms with van der Waals surface area (Å²) in [4.78, 5) is 17.4. The number of aromatic nitrogens is 1. The van der Waals surface area contributed by atoms with Gasteiger partial charge in [-0.25, -0.2) is 4.98 Å². The fraction of sp³-hybridized carbons (Fsp3) is 0.500. The zero-order chi connectivity index (χ0) is 13.0. The second-order valence-electron chi connectivity index (χ2n) is 4.31. The molecule has 1 aromatic rings. The second kappa shape index (κ2) is 5.88. The molecule has 0 bridgehead atoms. The number of hydrogen-bond donors (Lipinski definition) is 1. The Morgan fingerprint density at radius 1 is 1.67 bits per heavy atom. The molecule has 2 rings (SSSR count). The summed E-state index contributed by atoms with van der Waals surface area (Å²) in [5.41, 5.74) is 0.0826. The molecule has 0 radical (unpaired) electrons. The average molecular weight is 253 g/mol. The van der Waals surface area contributed by atoms with Gasteiger partial charge < -0.3 is 15.0 Å². The lowest BCUT2D eigenvalue weighted by Crippen LogP contribution is -2.46. The van der Waals surface area contributed by atoms with Crippen LogP contribution < -0.4 is 5.32 Å². The summed E-state index contributed by atoms with van der Waals surface area (Å²) in [6.45, 7) is 2.74. The van der Waals surface area contributed by atoms with Crippen molar-refractivity contribution in [3.63, 3.8) is 0 Å². The third-order valence-electron chi connectivity index (χ3n) is 2.78. The van der Waals surface area contributed by atoms with Crippen molar-refractivity contribution in [3.8, 4) is 0 Å². The van der Waals surface area contributed by atoms with Crippen molar-refractivity contribution in [2.75, 3.05) is 33.3 Å². The molecule has 1 unspecified atom stereocenters. The van der Waals surface area contributed by atoms with Crippen LogP contribution in [0, 0.1) is 5.95 Å². The van der Waals surface area contributed by atoms with E-state index in [-0.39, 0.29) is 17.7 Å². The van der Waals surface area contributed by atoms with Crippen LogP contribution in [0.25, 0.3) is 0 Å².